The highest BCUT2D eigenvalue weighted by Gasteiger charge is 2.29. The molecule has 0 bridgehead atoms. The predicted octanol–water partition coefficient (Wildman–Crippen LogP) is 6.10. The van der Waals surface area contributed by atoms with Gasteiger partial charge in [-0.05, 0) is 55.7 Å². The molecule has 27 heavy (non-hydrogen) atoms. The van der Waals surface area contributed by atoms with E-state index in [0.29, 0.717) is 12.2 Å². The largest absolute Gasteiger partial charge is 0.426 e. The van der Waals surface area contributed by atoms with Gasteiger partial charge in [0.1, 0.15) is 5.75 Å². The van der Waals surface area contributed by atoms with Gasteiger partial charge in [0.2, 0.25) is 0 Å². The predicted molar refractivity (Wildman–Crippen MR) is 112 cm³/mol. The first-order valence-corrected chi connectivity index (χ1v) is 10.5. The van der Waals surface area contributed by atoms with Crippen molar-refractivity contribution in [1.82, 2.24) is 0 Å². The SMILES string of the molecule is CCCC(=O)Oc1c(C)cc([S+](c2ccccc2)c2ccccc2)cc1C. The maximum absolute atomic E-state index is 12.0. The molecule has 0 amide bonds. The molecule has 0 aliphatic carbocycles. The van der Waals surface area contributed by atoms with Gasteiger partial charge in [-0.2, -0.15) is 0 Å². The average molecular weight is 378 g/mol. The minimum atomic E-state index is -0.200. The first-order valence-electron chi connectivity index (χ1n) is 9.26. The fourth-order valence-electron chi connectivity index (χ4n) is 3.08. The lowest BCUT2D eigenvalue weighted by atomic mass is 10.1. The van der Waals surface area contributed by atoms with Crippen molar-refractivity contribution in [2.75, 3.05) is 0 Å². The number of aryl methyl sites for hydroxylation is 2. The summed E-state index contributed by atoms with van der Waals surface area (Å²) in [6, 6.07) is 25.4. The van der Waals surface area contributed by atoms with Gasteiger partial charge in [0.25, 0.3) is 0 Å². The highest BCUT2D eigenvalue weighted by Crippen LogP contribution is 2.35. The Hall–Kier alpha value is -2.52. The van der Waals surface area contributed by atoms with E-state index in [1.165, 1.54) is 14.7 Å². The number of rotatable bonds is 6. The number of benzene rings is 3. The van der Waals surface area contributed by atoms with Crippen molar-refractivity contribution in [2.24, 2.45) is 0 Å². The average Bonchev–Trinajstić information content (AvgIpc) is 2.67. The molecule has 0 aliphatic rings. The number of hydrogen-bond donors (Lipinski definition) is 0. The standard InChI is InChI=1S/C24H25O2S/c1-4-11-23(25)26-24-18(2)16-22(17-19(24)3)27(20-12-7-5-8-13-20)21-14-9-6-10-15-21/h5-10,12-17H,4,11H2,1-3H3/q+1. The van der Waals surface area contributed by atoms with E-state index in [9.17, 15) is 4.79 Å². The second-order valence-electron chi connectivity index (χ2n) is 6.54. The molecule has 0 aromatic heterocycles. The Morgan fingerprint density at radius 3 is 1.74 bits per heavy atom. The lowest BCUT2D eigenvalue weighted by Crippen LogP contribution is -2.10. The summed E-state index contributed by atoms with van der Waals surface area (Å²) in [6.07, 6.45) is 1.24. The van der Waals surface area contributed by atoms with Crippen LogP contribution in [0.4, 0.5) is 0 Å². The Bertz CT molecular complexity index is 842. The van der Waals surface area contributed by atoms with Crippen LogP contribution in [0.1, 0.15) is 30.9 Å². The van der Waals surface area contributed by atoms with Crippen molar-refractivity contribution in [1.29, 1.82) is 0 Å². The molecule has 0 spiro atoms. The highest BCUT2D eigenvalue weighted by molar-refractivity contribution is 7.97. The molecule has 0 radical (unpaired) electrons. The topological polar surface area (TPSA) is 26.3 Å². The number of esters is 1. The van der Waals surface area contributed by atoms with Gasteiger partial charge < -0.3 is 4.74 Å². The Balaban J connectivity index is 2.04. The van der Waals surface area contributed by atoms with Gasteiger partial charge in [-0.1, -0.05) is 43.3 Å². The quantitative estimate of drug-likeness (QED) is 0.294. The molecule has 2 nitrogen and oxygen atoms in total. The van der Waals surface area contributed by atoms with Crippen LogP contribution in [0.3, 0.4) is 0 Å². The number of ether oxygens (including phenoxy) is 1. The Morgan fingerprint density at radius 2 is 1.30 bits per heavy atom. The van der Waals surface area contributed by atoms with Crippen LogP contribution >= 0.6 is 0 Å². The van der Waals surface area contributed by atoms with Crippen LogP contribution in [0.25, 0.3) is 0 Å². The summed E-state index contributed by atoms with van der Waals surface area (Å²) in [4.78, 5) is 15.7. The lowest BCUT2D eigenvalue weighted by molar-refractivity contribution is -0.134. The molecule has 3 heteroatoms. The molecule has 3 rings (SSSR count). The molecule has 0 unspecified atom stereocenters. The second kappa shape index (κ2) is 8.92. The third-order valence-electron chi connectivity index (χ3n) is 4.30. The van der Waals surface area contributed by atoms with E-state index >= 15 is 0 Å². The number of hydrogen-bond acceptors (Lipinski definition) is 2. The van der Waals surface area contributed by atoms with Crippen LogP contribution in [0, 0.1) is 13.8 Å². The van der Waals surface area contributed by atoms with E-state index in [1.54, 1.807) is 0 Å². The Labute approximate surface area is 164 Å². The molecule has 0 aliphatic heterocycles. The van der Waals surface area contributed by atoms with Crippen LogP contribution in [-0.4, -0.2) is 5.97 Å². The van der Waals surface area contributed by atoms with Gasteiger partial charge in [-0.25, -0.2) is 0 Å². The molecular weight excluding hydrogens is 352 g/mol. The highest BCUT2D eigenvalue weighted by atomic mass is 32.2. The van der Waals surface area contributed by atoms with E-state index in [4.69, 9.17) is 4.74 Å². The molecule has 0 N–H and O–H groups in total. The smallest absolute Gasteiger partial charge is 0.311 e. The Kier molecular flexibility index (Phi) is 6.36. The van der Waals surface area contributed by atoms with Gasteiger partial charge in [-0.3, -0.25) is 4.79 Å². The second-order valence-corrected chi connectivity index (χ2v) is 8.57. The minimum absolute atomic E-state index is 0.165. The lowest BCUT2D eigenvalue weighted by Gasteiger charge is -2.13. The molecule has 3 aromatic rings. The molecule has 0 heterocycles. The normalized spacial score (nSPS) is 10.8. The van der Waals surface area contributed by atoms with E-state index in [1.807, 2.05) is 32.9 Å². The van der Waals surface area contributed by atoms with Crippen LogP contribution < -0.4 is 4.74 Å². The van der Waals surface area contributed by atoms with E-state index in [2.05, 4.69) is 60.7 Å². The first-order chi connectivity index (χ1) is 13.1. The summed E-state index contributed by atoms with van der Waals surface area (Å²) in [6.45, 7) is 6.01. The summed E-state index contributed by atoms with van der Waals surface area (Å²) in [5, 5.41) is 0. The van der Waals surface area contributed by atoms with Crippen molar-refractivity contribution < 1.29 is 9.53 Å². The number of carbonyl (C=O) groups excluding carboxylic acids is 1. The minimum Gasteiger partial charge on any atom is -0.426 e. The van der Waals surface area contributed by atoms with Gasteiger partial charge >= 0.3 is 5.97 Å². The van der Waals surface area contributed by atoms with Crippen molar-refractivity contribution >= 4 is 16.9 Å². The molecule has 0 saturated heterocycles. The van der Waals surface area contributed by atoms with Crippen molar-refractivity contribution in [3.63, 3.8) is 0 Å². The van der Waals surface area contributed by atoms with Crippen LogP contribution in [0.5, 0.6) is 5.75 Å². The maximum Gasteiger partial charge on any atom is 0.311 e. The first kappa shape index (κ1) is 19.2. The third-order valence-corrected chi connectivity index (χ3v) is 6.49. The summed E-state index contributed by atoms with van der Waals surface area (Å²) < 4.78 is 5.63. The summed E-state index contributed by atoms with van der Waals surface area (Å²) in [5.74, 6) is 0.531. The Morgan fingerprint density at radius 1 is 0.815 bits per heavy atom. The number of carbonyl (C=O) groups is 1. The van der Waals surface area contributed by atoms with E-state index in [0.717, 1.165) is 17.5 Å². The monoisotopic (exact) mass is 377 g/mol. The molecule has 138 valence electrons. The maximum atomic E-state index is 12.0. The van der Waals surface area contributed by atoms with Gasteiger partial charge in [0.15, 0.2) is 14.7 Å². The van der Waals surface area contributed by atoms with Gasteiger partial charge in [0, 0.05) is 18.6 Å². The van der Waals surface area contributed by atoms with Crippen LogP contribution in [0.2, 0.25) is 0 Å². The molecule has 0 atom stereocenters. The zero-order valence-electron chi connectivity index (χ0n) is 16.1. The van der Waals surface area contributed by atoms with Gasteiger partial charge in [-0.15, -0.1) is 0 Å². The summed E-state index contributed by atoms with van der Waals surface area (Å²) in [5.41, 5.74) is 2.00. The van der Waals surface area contributed by atoms with Crippen molar-refractivity contribution in [2.45, 2.75) is 48.3 Å². The molecule has 0 saturated carbocycles. The van der Waals surface area contributed by atoms with Crippen LogP contribution in [-0.2, 0) is 15.7 Å². The zero-order chi connectivity index (χ0) is 19.2. The van der Waals surface area contributed by atoms with E-state index < -0.39 is 0 Å². The van der Waals surface area contributed by atoms with Gasteiger partial charge in [0.05, 0.1) is 10.9 Å². The zero-order valence-corrected chi connectivity index (χ0v) is 16.9. The van der Waals surface area contributed by atoms with Crippen molar-refractivity contribution in [3.05, 3.63) is 83.9 Å². The van der Waals surface area contributed by atoms with Crippen molar-refractivity contribution in [3.8, 4) is 5.75 Å². The van der Waals surface area contributed by atoms with E-state index in [-0.39, 0.29) is 16.9 Å². The summed E-state index contributed by atoms with van der Waals surface area (Å²) >= 11 is 0. The molecular formula is C24H25O2S+. The molecule has 3 aromatic carbocycles. The molecule has 0 fully saturated rings. The fourth-order valence-corrected chi connectivity index (χ4v) is 5.34. The third kappa shape index (κ3) is 4.61. The summed E-state index contributed by atoms with van der Waals surface area (Å²) in [7, 11) is -0.200. The fraction of sp³-hybridized carbons (Fsp3) is 0.208. The van der Waals surface area contributed by atoms with Crippen LogP contribution in [0.15, 0.2) is 87.5 Å².